The predicted octanol–water partition coefficient (Wildman–Crippen LogP) is 4.49. The van der Waals surface area contributed by atoms with Gasteiger partial charge in [0.1, 0.15) is 0 Å². The van der Waals surface area contributed by atoms with Crippen LogP contribution < -0.4 is 0 Å². The lowest BCUT2D eigenvalue weighted by Gasteiger charge is -2.28. The van der Waals surface area contributed by atoms with Crippen molar-refractivity contribution in [2.75, 3.05) is 13.2 Å². The quantitative estimate of drug-likeness (QED) is 0.224. The van der Waals surface area contributed by atoms with Crippen molar-refractivity contribution in [1.82, 2.24) is 0 Å². The van der Waals surface area contributed by atoms with Crippen molar-refractivity contribution >= 4 is 11.9 Å². The Morgan fingerprint density at radius 1 is 1.14 bits per heavy atom. The minimum atomic E-state index is -0.336. The molecule has 0 bridgehead atoms. The molecule has 0 aromatic heterocycles. The second-order valence-electron chi connectivity index (χ2n) is 6.34. The summed E-state index contributed by atoms with van der Waals surface area (Å²) in [5.74, 6) is 1.29. The molecule has 0 aromatic rings. The first kappa shape index (κ1) is 18.7. The third-order valence-electron chi connectivity index (χ3n) is 4.29. The molecule has 0 heterocycles. The summed E-state index contributed by atoms with van der Waals surface area (Å²) in [7, 11) is 0. The van der Waals surface area contributed by atoms with Crippen LogP contribution in [0.2, 0.25) is 0 Å². The first-order valence-corrected chi connectivity index (χ1v) is 8.58. The Bertz CT molecular complexity index is 371. The summed E-state index contributed by atoms with van der Waals surface area (Å²) in [6.45, 7) is 8.35. The highest BCUT2D eigenvalue weighted by molar-refractivity contribution is 5.86. The number of hydrogen-bond acceptors (Lipinski definition) is 4. The largest absolute Gasteiger partial charge is 0.481 e. The van der Waals surface area contributed by atoms with Gasteiger partial charge in [0.25, 0.3) is 0 Å². The smallest absolute Gasteiger partial charge is 0.333 e. The number of carbonyl (C=O) groups is 1. The molecule has 0 aromatic carbocycles. The fourth-order valence-electron chi connectivity index (χ4n) is 2.91. The van der Waals surface area contributed by atoms with Gasteiger partial charge in [-0.1, -0.05) is 26.3 Å². The highest BCUT2D eigenvalue weighted by Gasteiger charge is 2.24. The number of carbonyl (C=O) groups excluding carboxylic acids is 1. The summed E-state index contributed by atoms with van der Waals surface area (Å²) in [6.07, 6.45) is 8.82. The molecule has 126 valence electrons. The number of unbranched alkanes of at least 4 members (excludes halogenated alkanes) is 1. The van der Waals surface area contributed by atoms with Gasteiger partial charge < -0.3 is 9.47 Å². The number of hydrogen-bond donors (Lipinski definition) is 1. The molecular formula is C18H31NO3. The molecule has 4 heteroatoms. The fraction of sp³-hybridized carbons (Fsp3) is 0.778. The van der Waals surface area contributed by atoms with Gasteiger partial charge in [0.05, 0.1) is 13.2 Å². The van der Waals surface area contributed by atoms with Crippen LogP contribution in [-0.2, 0) is 14.3 Å². The zero-order valence-corrected chi connectivity index (χ0v) is 14.2. The van der Waals surface area contributed by atoms with Crippen LogP contribution in [0.15, 0.2) is 12.2 Å². The lowest BCUT2D eigenvalue weighted by atomic mass is 9.80. The molecule has 0 spiro atoms. The van der Waals surface area contributed by atoms with E-state index in [0.29, 0.717) is 30.6 Å². The van der Waals surface area contributed by atoms with E-state index >= 15 is 0 Å². The van der Waals surface area contributed by atoms with E-state index in [0.717, 1.165) is 31.6 Å². The van der Waals surface area contributed by atoms with Crippen LogP contribution >= 0.6 is 0 Å². The maximum absolute atomic E-state index is 11.2. The number of rotatable bonds is 9. The Balaban J connectivity index is 2.04. The Hall–Kier alpha value is -1.32. The monoisotopic (exact) mass is 309 g/mol. The van der Waals surface area contributed by atoms with Gasteiger partial charge in [-0.05, 0) is 51.4 Å². The molecular weight excluding hydrogens is 278 g/mol. The lowest BCUT2D eigenvalue weighted by molar-refractivity contribution is -0.139. The van der Waals surface area contributed by atoms with Gasteiger partial charge in [0.2, 0.25) is 0 Å². The Labute approximate surface area is 134 Å². The molecule has 0 unspecified atom stereocenters. The third kappa shape index (κ3) is 7.10. The van der Waals surface area contributed by atoms with E-state index in [1.807, 2.05) is 0 Å². The van der Waals surface area contributed by atoms with Gasteiger partial charge in [-0.2, -0.15) is 0 Å². The SMILES string of the molecule is C=C(C)C(=O)OCCCCOC(=N)C1CCC(CCC)CC1. The van der Waals surface area contributed by atoms with Crippen molar-refractivity contribution in [2.45, 2.75) is 65.2 Å². The minimum Gasteiger partial charge on any atom is -0.481 e. The van der Waals surface area contributed by atoms with E-state index in [2.05, 4.69) is 13.5 Å². The molecule has 1 N–H and O–H groups in total. The minimum absolute atomic E-state index is 0.314. The fourth-order valence-corrected chi connectivity index (χ4v) is 2.91. The molecule has 0 amide bonds. The zero-order chi connectivity index (χ0) is 16.4. The van der Waals surface area contributed by atoms with Crippen molar-refractivity contribution in [2.24, 2.45) is 11.8 Å². The standard InChI is InChI=1S/C18H31NO3/c1-4-7-15-8-10-16(11-9-15)17(19)21-12-5-6-13-22-18(20)14(2)3/h15-16,19H,2,4-13H2,1,3H3. The molecule has 1 aliphatic carbocycles. The zero-order valence-electron chi connectivity index (χ0n) is 14.2. The van der Waals surface area contributed by atoms with Gasteiger partial charge in [0.15, 0.2) is 5.90 Å². The Morgan fingerprint density at radius 3 is 2.27 bits per heavy atom. The Kier molecular flexibility index (Phi) is 8.86. The summed E-state index contributed by atoms with van der Waals surface area (Å²) < 4.78 is 10.6. The van der Waals surface area contributed by atoms with Crippen LogP contribution in [0.4, 0.5) is 0 Å². The molecule has 4 nitrogen and oxygen atoms in total. The van der Waals surface area contributed by atoms with Gasteiger partial charge >= 0.3 is 5.97 Å². The van der Waals surface area contributed by atoms with E-state index in [4.69, 9.17) is 14.9 Å². The molecule has 0 atom stereocenters. The van der Waals surface area contributed by atoms with Gasteiger partial charge in [0, 0.05) is 11.5 Å². The maximum Gasteiger partial charge on any atom is 0.333 e. The van der Waals surface area contributed by atoms with Crippen LogP contribution in [0.25, 0.3) is 0 Å². The lowest BCUT2D eigenvalue weighted by Crippen LogP contribution is -2.23. The van der Waals surface area contributed by atoms with E-state index in [1.54, 1.807) is 6.92 Å². The summed E-state index contributed by atoms with van der Waals surface area (Å²) in [5.41, 5.74) is 0.428. The van der Waals surface area contributed by atoms with Crippen LogP contribution in [0.3, 0.4) is 0 Å². The average molecular weight is 309 g/mol. The predicted molar refractivity (Wildman–Crippen MR) is 89.0 cm³/mol. The van der Waals surface area contributed by atoms with Crippen LogP contribution in [0.5, 0.6) is 0 Å². The summed E-state index contributed by atoms with van der Waals surface area (Å²) in [4.78, 5) is 11.2. The maximum atomic E-state index is 11.2. The van der Waals surface area contributed by atoms with Crippen LogP contribution in [-0.4, -0.2) is 25.1 Å². The highest BCUT2D eigenvalue weighted by Crippen LogP contribution is 2.32. The number of ether oxygens (including phenoxy) is 2. The average Bonchev–Trinajstić information content (AvgIpc) is 2.51. The van der Waals surface area contributed by atoms with Crippen LogP contribution in [0, 0.1) is 17.2 Å². The van der Waals surface area contributed by atoms with E-state index in [9.17, 15) is 4.79 Å². The molecule has 0 saturated heterocycles. The summed E-state index contributed by atoms with van der Waals surface area (Å²) >= 11 is 0. The van der Waals surface area contributed by atoms with Crippen LogP contribution in [0.1, 0.15) is 65.2 Å². The molecule has 1 fully saturated rings. The van der Waals surface area contributed by atoms with Gasteiger partial charge in [-0.3, -0.25) is 5.41 Å². The van der Waals surface area contributed by atoms with Gasteiger partial charge in [-0.25, -0.2) is 4.79 Å². The molecule has 0 radical (unpaired) electrons. The first-order chi connectivity index (χ1) is 10.5. The molecule has 22 heavy (non-hydrogen) atoms. The van der Waals surface area contributed by atoms with Crippen molar-refractivity contribution in [3.05, 3.63) is 12.2 Å². The van der Waals surface area contributed by atoms with E-state index in [-0.39, 0.29) is 5.97 Å². The normalized spacial score (nSPS) is 21.2. The number of esters is 1. The molecule has 1 saturated carbocycles. The topological polar surface area (TPSA) is 59.4 Å². The third-order valence-corrected chi connectivity index (χ3v) is 4.29. The van der Waals surface area contributed by atoms with Crippen molar-refractivity contribution in [3.8, 4) is 0 Å². The van der Waals surface area contributed by atoms with Crippen molar-refractivity contribution < 1.29 is 14.3 Å². The van der Waals surface area contributed by atoms with E-state index in [1.165, 1.54) is 25.7 Å². The first-order valence-electron chi connectivity index (χ1n) is 8.58. The second-order valence-corrected chi connectivity index (χ2v) is 6.34. The summed E-state index contributed by atoms with van der Waals surface area (Å²) in [6, 6.07) is 0. The molecule has 0 aliphatic heterocycles. The molecule has 1 rings (SSSR count). The van der Waals surface area contributed by atoms with E-state index < -0.39 is 0 Å². The van der Waals surface area contributed by atoms with Crippen molar-refractivity contribution in [1.29, 1.82) is 5.41 Å². The number of nitrogens with one attached hydrogen (secondary N) is 1. The Morgan fingerprint density at radius 2 is 1.73 bits per heavy atom. The van der Waals surface area contributed by atoms with Gasteiger partial charge in [-0.15, -0.1) is 0 Å². The van der Waals surface area contributed by atoms with Crippen molar-refractivity contribution in [3.63, 3.8) is 0 Å². The molecule has 1 aliphatic rings. The second kappa shape index (κ2) is 10.4. The summed E-state index contributed by atoms with van der Waals surface area (Å²) in [5, 5.41) is 8.04. The highest BCUT2D eigenvalue weighted by atomic mass is 16.5.